The van der Waals surface area contributed by atoms with E-state index >= 15 is 0 Å². The molecule has 0 unspecified atom stereocenters. The Bertz CT molecular complexity index is 1620. The molecule has 0 N–H and O–H groups in total. The molecule has 42 heavy (non-hydrogen) atoms. The molecule has 1 amide bonds. The molecule has 9 heteroatoms. The summed E-state index contributed by atoms with van der Waals surface area (Å²) in [6.07, 6.45) is 2.34. The second-order valence-electron chi connectivity index (χ2n) is 10.2. The number of ether oxygens (including phenoxy) is 2. The van der Waals surface area contributed by atoms with E-state index in [1.165, 1.54) is 12.1 Å². The van der Waals surface area contributed by atoms with Crippen molar-refractivity contribution in [2.75, 3.05) is 39.3 Å². The first-order chi connectivity index (χ1) is 20.6. The lowest BCUT2D eigenvalue weighted by Gasteiger charge is -2.34. The highest BCUT2D eigenvalue weighted by molar-refractivity contribution is 5.82. The minimum Gasteiger partial charge on any atom is -0.494 e. The van der Waals surface area contributed by atoms with Crippen LogP contribution in [0, 0.1) is 5.82 Å². The summed E-state index contributed by atoms with van der Waals surface area (Å²) < 4.78 is 27.4. The summed E-state index contributed by atoms with van der Waals surface area (Å²) in [6, 6.07) is 27.8. The highest BCUT2D eigenvalue weighted by atomic mass is 19.1. The molecule has 6 rings (SSSR count). The zero-order chi connectivity index (χ0) is 28.7. The van der Waals surface area contributed by atoms with Gasteiger partial charge in [0.25, 0.3) is 0 Å². The van der Waals surface area contributed by atoms with Crippen molar-refractivity contribution in [1.82, 2.24) is 24.3 Å². The number of benzene rings is 3. The number of hydrogen-bond acceptors (Lipinski definition) is 6. The van der Waals surface area contributed by atoms with Crippen LogP contribution < -0.4 is 4.74 Å². The van der Waals surface area contributed by atoms with E-state index in [0.29, 0.717) is 43.3 Å². The van der Waals surface area contributed by atoms with Crippen LogP contribution in [0.5, 0.6) is 5.75 Å². The number of aromatic nitrogens is 3. The van der Waals surface area contributed by atoms with E-state index in [2.05, 4.69) is 14.9 Å². The first-order valence-electron chi connectivity index (χ1n) is 14.1. The van der Waals surface area contributed by atoms with Crippen LogP contribution in [0.3, 0.4) is 0 Å². The number of halogens is 1. The number of fused-ring (bicyclic) bond motifs is 1. The summed E-state index contributed by atoms with van der Waals surface area (Å²) in [4.78, 5) is 25.7. The maximum absolute atomic E-state index is 13.9. The molecule has 0 aliphatic carbocycles. The van der Waals surface area contributed by atoms with Crippen LogP contribution in [-0.2, 0) is 11.3 Å². The Morgan fingerprint density at radius 2 is 1.67 bits per heavy atom. The summed E-state index contributed by atoms with van der Waals surface area (Å²) in [6.45, 7) is 4.73. The van der Waals surface area contributed by atoms with Gasteiger partial charge in [-0.25, -0.2) is 14.2 Å². The molecule has 2 aromatic heterocycles. The first kappa shape index (κ1) is 27.4. The lowest BCUT2D eigenvalue weighted by Crippen LogP contribution is -2.49. The number of nitrogens with zero attached hydrogens (tertiary/aromatic N) is 5. The molecular weight excluding hydrogens is 533 g/mol. The van der Waals surface area contributed by atoms with Gasteiger partial charge in [-0.2, -0.15) is 0 Å². The van der Waals surface area contributed by atoms with Crippen LogP contribution in [0.15, 0.2) is 97.2 Å². The Labute approximate surface area is 243 Å². The van der Waals surface area contributed by atoms with Crippen LogP contribution in [0.2, 0.25) is 0 Å². The van der Waals surface area contributed by atoms with E-state index in [0.717, 1.165) is 48.6 Å². The number of carbonyl (C=O) groups excluding carboxylic acids is 1. The lowest BCUT2D eigenvalue weighted by atomic mass is 10.2. The van der Waals surface area contributed by atoms with Crippen molar-refractivity contribution < 1.29 is 18.7 Å². The fourth-order valence-electron chi connectivity index (χ4n) is 5.12. The van der Waals surface area contributed by atoms with Crippen molar-refractivity contribution in [3.8, 4) is 23.0 Å². The summed E-state index contributed by atoms with van der Waals surface area (Å²) in [7, 11) is 0. The first-order valence-corrected chi connectivity index (χ1v) is 14.1. The standard InChI is InChI=1S/C33H32FN5O3/c34-26-10-15-31-30(23-26)36-32(29-9-4-5-16-35-29)39(31)27-11-13-28(14-12-27)41-22-6-17-37-18-20-38(21-19-37)33(40)42-24-25-7-2-1-3-8-25/h1-5,7-16,23H,6,17-22,24H2. The van der Waals surface area contributed by atoms with Gasteiger partial charge in [0.15, 0.2) is 5.82 Å². The second kappa shape index (κ2) is 12.8. The van der Waals surface area contributed by atoms with Crippen molar-refractivity contribution in [3.05, 3.63) is 109 Å². The van der Waals surface area contributed by atoms with Crippen molar-refractivity contribution in [3.63, 3.8) is 0 Å². The van der Waals surface area contributed by atoms with Crippen molar-refractivity contribution >= 4 is 17.1 Å². The Hall–Kier alpha value is -4.76. The van der Waals surface area contributed by atoms with Gasteiger partial charge in [0.2, 0.25) is 0 Å². The summed E-state index contributed by atoms with van der Waals surface area (Å²) in [5, 5.41) is 0. The average molecular weight is 566 g/mol. The zero-order valence-electron chi connectivity index (χ0n) is 23.2. The van der Waals surface area contributed by atoms with E-state index in [9.17, 15) is 9.18 Å². The molecule has 5 aromatic rings. The second-order valence-corrected chi connectivity index (χ2v) is 10.2. The van der Waals surface area contributed by atoms with Gasteiger partial charge in [0, 0.05) is 50.7 Å². The molecule has 3 heterocycles. The third-order valence-corrected chi connectivity index (χ3v) is 7.33. The highest BCUT2D eigenvalue weighted by Gasteiger charge is 2.22. The summed E-state index contributed by atoms with van der Waals surface area (Å²) in [5.74, 6) is 1.10. The normalized spacial score (nSPS) is 13.8. The molecule has 0 atom stereocenters. The molecule has 1 fully saturated rings. The van der Waals surface area contributed by atoms with E-state index in [1.807, 2.05) is 77.4 Å². The number of amides is 1. The molecule has 1 saturated heterocycles. The Kier molecular flexibility index (Phi) is 8.37. The SMILES string of the molecule is O=C(OCc1ccccc1)N1CCN(CCCOc2ccc(-n3c(-c4ccccn4)nc4cc(F)ccc43)cc2)CC1. The van der Waals surface area contributed by atoms with Gasteiger partial charge in [0.05, 0.1) is 17.6 Å². The molecule has 8 nitrogen and oxygen atoms in total. The Morgan fingerprint density at radius 1 is 0.881 bits per heavy atom. The molecule has 0 bridgehead atoms. The molecular formula is C33H32FN5O3. The maximum atomic E-state index is 13.9. The van der Waals surface area contributed by atoms with E-state index < -0.39 is 0 Å². The zero-order valence-corrected chi connectivity index (χ0v) is 23.2. The highest BCUT2D eigenvalue weighted by Crippen LogP contribution is 2.29. The van der Waals surface area contributed by atoms with E-state index in [-0.39, 0.29) is 11.9 Å². The third kappa shape index (κ3) is 6.42. The molecule has 1 aliphatic heterocycles. The van der Waals surface area contributed by atoms with Crippen LogP contribution in [0.1, 0.15) is 12.0 Å². The van der Waals surface area contributed by atoms with E-state index in [4.69, 9.17) is 9.47 Å². The topological polar surface area (TPSA) is 72.7 Å². The quantitative estimate of drug-likeness (QED) is 0.206. The van der Waals surface area contributed by atoms with Crippen molar-refractivity contribution in [1.29, 1.82) is 0 Å². The fraction of sp³-hybridized carbons (Fsp3) is 0.242. The van der Waals surface area contributed by atoms with Gasteiger partial charge in [0.1, 0.15) is 23.9 Å². The predicted molar refractivity (Wildman–Crippen MR) is 159 cm³/mol. The lowest BCUT2D eigenvalue weighted by molar-refractivity contribution is 0.0704. The Morgan fingerprint density at radius 3 is 2.43 bits per heavy atom. The molecule has 214 valence electrons. The molecule has 3 aromatic carbocycles. The van der Waals surface area contributed by atoms with E-state index in [1.54, 1.807) is 17.2 Å². The monoisotopic (exact) mass is 565 g/mol. The van der Waals surface area contributed by atoms with Gasteiger partial charge in [-0.1, -0.05) is 36.4 Å². The molecule has 1 aliphatic rings. The van der Waals surface area contributed by atoms with Crippen LogP contribution >= 0.6 is 0 Å². The number of rotatable bonds is 9. The van der Waals surface area contributed by atoms with Gasteiger partial charge in [-0.3, -0.25) is 14.5 Å². The van der Waals surface area contributed by atoms with Crippen LogP contribution in [-0.4, -0.2) is 69.8 Å². The predicted octanol–water partition coefficient (Wildman–Crippen LogP) is 5.95. The minimum absolute atomic E-state index is 0.256. The maximum Gasteiger partial charge on any atom is 0.410 e. The molecule has 0 saturated carbocycles. The summed E-state index contributed by atoms with van der Waals surface area (Å²) >= 11 is 0. The molecule has 0 spiro atoms. The fourth-order valence-corrected chi connectivity index (χ4v) is 5.12. The number of carbonyl (C=O) groups is 1. The van der Waals surface area contributed by atoms with Crippen LogP contribution in [0.4, 0.5) is 9.18 Å². The van der Waals surface area contributed by atoms with Gasteiger partial charge < -0.3 is 14.4 Å². The third-order valence-electron chi connectivity index (χ3n) is 7.33. The smallest absolute Gasteiger partial charge is 0.410 e. The number of piperazine rings is 1. The van der Waals surface area contributed by atoms with Crippen LogP contribution in [0.25, 0.3) is 28.2 Å². The number of pyridine rings is 1. The minimum atomic E-state index is -0.327. The average Bonchev–Trinajstić information content (AvgIpc) is 3.42. The molecule has 0 radical (unpaired) electrons. The van der Waals surface area contributed by atoms with Crippen molar-refractivity contribution in [2.24, 2.45) is 0 Å². The number of hydrogen-bond donors (Lipinski definition) is 0. The van der Waals surface area contributed by atoms with Gasteiger partial charge in [-0.05, 0) is 60.5 Å². The van der Waals surface area contributed by atoms with Gasteiger partial charge >= 0.3 is 6.09 Å². The Balaban J connectivity index is 0.993. The van der Waals surface area contributed by atoms with Crippen molar-refractivity contribution in [2.45, 2.75) is 13.0 Å². The number of imidazole rings is 1. The van der Waals surface area contributed by atoms with Gasteiger partial charge in [-0.15, -0.1) is 0 Å². The summed E-state index contributed by atoms with van der Waals surface area (Å²) in [5.41, 5.74) is 3.95. The largest absolute Gasteiger partial charge is 0.494 e.